The van der Waals surface area contributed by atoms with Gasteiger partial charge < -0.3 is 14.7 Å². The van der Waals surface area contributed by atoms with Gasteiger partial charge in [-0.15, -0.1) is 0 Å². The number of likely N-dealkylation sites (N-methyl/N-ethyl adjacent to an activating group) is 1. The van der Waals surface area contributed by atoms with E-state index < -0.39 is 5.97 Å². The van der Waals surface area contributed by atoms with Crippen molar-refractivity contribution in [3.63, 3.8) is 0 Å². The van der Waals surface area contributed by atoms with Gasteiger partial charge in [-0.3, -0.25) is 4.79 Å². The van der Waals surface area contributed by atoms with Gasteiger partial charge in [-0.2, -0.15) is 0 Å². The number of benzene rings is 1. The smallest absolute Gasteiger partial charge is 0.339 e. The molecule has 1 aromatic rings. The molecule has 0 atom stereocenters. The number of carbonyl (C=O) groups excluding carboxylic acids is 1. The van der Waals surface area contributed by atoms with Gasteiger partial charge in [0.05, 0.1) is 4.47 Å². The van der Waals surface area contributed by atoms with Crippen molar-refractivity contribution in [2.75, 3.05) is 13.2 Å². The first-order chi connectivity index (χ1) is 9.54. The fourth-order valence-corrected chi connectivity index (χ4v) is 2.55. The molecule has 0 bridgehead atoms. The van der Waals surface area contributed by atoms with Crippen molar-refractivity contribution in [2.24, 2.45) is 0 Å². The monoisotopic (exact) mass is 341 g/mol. The van der Waals surface area contributed by atoms with Gasteiger partial charge in [0.25, 0.3) is 5.91 Å². The predicted molar refractivity (Wildman–Crippen MR) is 77.0 cm³/mol. The van der Waals surface area contributed by atoms with Crippen LogP contribution in [0.15, 0.2) is 22.7 Å². The van der Waals surface area contributed by atoms with Crippen LogP contribution in [0, 0.1) is 0 Å². The molecule has 0 spiro atoms. The van der Waals surface area contributed by atoms with Gasteiger partial charge in [0.15, 0.2) is 6.61 Å². The summed E-state index contributed by atoms with van der Waals surface area (Å²) in [6.07, 6.45) is 2.07. The van der Waals surface area contributed by atoms with Crippen LogP contribution in [0.25, 0.3) is 0 Å². The Kier molecular flexibility index (Phi) is 4.65. The fourth-order valence-electron chi connectivity index (χ4n) is 2.07. The Morgan fingerprint density at radius 1 is 1.45 bits per heavy atom. The van der Waals surface area contributed by atoms with E-state index in [0.29, 0.717) is 17.1 Å². The van der Waals surface area contributed by atoms with E-state index in [2.05, 4.69) is 15.9 Å². The summed E-state index contributed by atoms with van der Waals surface area (Å²) in [5.74, 6) is -0.995. The van der Waals surface area contributed by atoms with Crippen LogP contribution in [-0.2, 0) is 4.79 Å². The molecule has 1 saturated carbocycles. The molecule has 6 heteroatoms. The van der Waals surface area contributed by atoms with E-state index in [9.17, 15) is 9.59 Å². The summed E-state index contributed by atoms with van der Waals surface area (Å²) in [5.41, 5.74) is 0.0432. The Hall–Kier alpha value is -1.56. The SMILES string of the molecule is CCN(C(=O)COc1c(Br)cccc1C(=O)O)C1CC1. The molecular weight excluding hydrogens is 326 g/mol. The van der Waals surface area contributed by atoms with Crippen molar-refractivity contribution in [3.8, 4) is 5.75 Å². The zero-order chi connectivity index (χ0) is 14.7. The summed E-state index contributed by atoms with van der Waals surface area (Å²) in [6.45, 7) is 2.43. The maximum Gasteiger partial charge on any atom is 0.339 e. The number of aromatic carboxylic acids is 1. The molecule has 2 rings (SSSR count). The summed E-state index contributed by atoms with van der Waals surface area (Å²) in [7, 11) is 0. The number of nitrogens with zero attached hydrogens (tertiary/aromatic N) is 1. The van der Waals surface area contributed by atoms with Crippen molar-refractivity contribution in [1.82, 2.24) is 4.90 Å². The van der Waals surface area contributed by atoms with Crippen LogP contribution in [0.3, 0.4) is 0 Å². The summed E-state index contributed by atoms with van der Waals surface area (Å²) in [5, 5.41) is 9.11. The molecule has 0 aliphatic heterocycles. The molecule has 1 amide bonds. The van der Waals surface area contributed by atoms with Gasteiger partial charge in [0, 0.05) is 12.6 Å². The molecule has 1 aliphatic carbocycles. The maximum atomic E-state index is 12.1. The molecule has 0 radical (unpaired) electrons. The zero-order valence-corrected chi connectivity index (χ0v) is 12.7. The number of ether oxygens (including phenoxy) is 1. The Balaban J connectivity index is 2.06. The maximum absolute atomic E-state index is 12.1. The molecule has 1 aromatic carbocycles. The summed E-state index contributed by atoms with van der Waals surface area (Å²) < 4.78 is 5.96. The standard InChI is InChI=1S/C14H16BrNO4/c1-2-16(9-6-7-9)12(17)8-20-13-10(14(18)19)4-3-5-11(13)15/h3-5,9H,2,6-8H2,1H3,(H,18,19). The average Bonchev–Trinajstić information content (AvgIpc) is 3.22. The van der Waals surface area contributed by atoms with Crippen LogP contribution in [-0.4, -0.2) is 41.1 Å². The first kappa shape index (κ1) is 14.8. The zero-order valence-electron chi connectivity index (χ0n) is 11.1. The topological polar surface area (TPSA) is 66.8 Å². The van der Waals surface area contributed by atoms with Gasteiger partial charge in [0.2, 0.25) is 0 Å². The van der Waals surface area contributed by atoms with Crippen LogP contribution in [0.2, 0.25) is 0 Å². The Morgan fingerprint density at radius 3 is 2.70 bits per heavy atom. The minimum atomic E-state index is -1.08. The summed E-state index contributed by atoms with van der Waals surface area (Å²) in [4.78, 5) is 25.0. The van der Waals surface area contributed by atoms with Crippen molar-refractivity contribution < 1.29 is 19.4 Å². The van der Waals surface area contributed by atoms with Crippen LogP contribution in [0.1, 0.15) is 30.1 Å². The second-order valence-electron chi connectivity index (χ2n) is 4.62. The highest BCUT2D eigenvalue weighted by molar-refractivity contribution is 9.10. The highest BCUT2D eigenvalue weighted by Gasteiger charge is 2.31. The first-order valence-electron chi connectivity index (χ1n) is 6.48. The number of hydrogen-bond donors (Lipinski definition) is 1. The van der Waals surface area contributed by atoms with Crippen molar-refractivity contribution in [1.29, 1.82) is 0 Å². The van der Waals surface area contributed by atoms with Crippen LogP contribution in [0.4, 0.5) is 0 Å². The summed E-state index contributed by atoms with van der Waals surface area (Å²) in [6, 6.07) is 5.08. The number of hydrogen-bond acceptors (Lipinski definition) is 3. The molecule has 0 aromatic heterocycles. The van der Waals surface area contributed by atoms with Gasteiger partial charge in [0.1, 0.15) is 11.3 Å². The third-order valence-electron chi connectivity index (χ3n) is 3.19. The number of rotatable bonds is 6. The van der Waals surface area contributed by atoms with E-state index in [-0.39, 0.29) is 23.8 Å². The lowest BCUT2D eigenvalue weighted by Gasteiger charge is -2.21. The average molecular weight is 342 g/mol. The van der Waals surface area contributed by atoms with E-state index in [4.69, 9.17) is 9.84 Å². The molecule has 1 fully saturated rings. The number of amides is 1. The predicted octanol–water partition coefficient (Wildman–Crippen LogP) is 2.54. The molecule has 1 N–H and O–H groups in total. The second-order valence-corrected chi connectivity index (χ2v) is 5.48. The molecule has 5 nitrogen and oxygen atoms in total. The van der Waals surface area contributed by atoms with Gasteiger partial charge in [-0.25, -0.2) is 4.79 Å². The van der Waals surface area contributed by atoms with E-state index in [1.807, 2.05) is 6.92 Å². The largest absolute Gasteiger partial charge is 0.482 e. The fraction of sp³-hybridized carbons (Fsp3) is 0.429. The van der Waals surface area contributed by atoms with Crippen molar-refractivity contribution >= 4 is 27.8 Å². The van der Waals surface area contributed by atoms with Gasteiger partial charge in [-0.1, -0.05) is 6.07 Å². The second kappa shape index (κ2) is 6.26. The summed E-state index contributed by atoms with van der Waals surface area (Å²) >= 11 is 3.25. The molecule has 20 heavy (non-hydrogen) atoms. The Bertz CT molecular complexity index is 528. The number of halogens is 1. The van der Waals surface area contributed by atoms with Gasteiger partial charge in [-0.05, 0) is 47.8 Å². The number of carboxylic acid groups (broad SMARTS) is 1. The van der Waals surface area contributed by atoms with Crippen LogP contribution >= 0.6 is 15.9 Å². The lowest BCUT2D eigenvalue weighted by Crippen LogP contribution is -2.36. The normalized spacial score (nSPS) is 13.9. The van der Waals surface area contributed by atoms with Gasteiger partial charge >= 0.3 is 5.97 Å². The highest BCUT2D eigenvalue weighted by Crippen LogP contribution is 2.30. The molecule has 0 saturated heterocycles. The number of para-hydroxylation sites is 1. The van der Waals surface area contributed by atoms with Crippen molar-refractivity contribution in [2.45, 2.75) is 25.8 Å². The quantitative estimate of drug-likeness (QED) is 0.863. The number of carboxylic acids is 1. The highest BCUT2D eigenvalue weighted by atomic mass is 79.9. The molecule has 108 valence electrons. The lowest BCUT2D eigenvalue weighted by molar-refractivity contribution is -0.133. The molecule has 0 heterocycles. The van der Waals surface area contributed by atoms with E-state index in [1.54, 1.807) is 17.0 Å². The third kappa shape index (κ3) is 3.30. The molecule has 1 aliphatic rings. The third-order valence-corrected chi connectivity index (χ3v) is 3.81. The Labute approximate surface area is 125 Å². The molecular formula is C14H16BrNO4. The number of carbonyl (C=O) groups is 2. The minimum Gasteiger partial charge on any atom is -0.482 e. The van der Waals surface area contributed by atoms with E-state index >= 15 is 0 Å². The lowest BCUT2D eigenvalue weighted by atomic mass is 10.2. The van der Waals surface area contributed by atoms with Crippen LogP contribution in [0.5, 0.6) is 5.75 Å². The van der Waals surface area contributed by atoms with E-state index in [1.165, 1.54) is 6.07 Å². The van der Waals surface area contributed by atoms with E-state index in [0.717, 1.165) is 12.8 Å². The minimum absolute atomic E-state index is 0.0432. The van der Waals surface area contributed by atoms with Crippen LogP contribution < -0.4 is 4.74 Å². The molecule has 0 unspecified atom stereocenters. The van der Waals surface area contributed by atoms with Crippen molar-refractivity contribution in [3.05, 3.63) is 28.2 Å². The first-order valence-corrected chi connectivity index (χ1v) is 7.28. The Morgan fingerprint density at radius 2 is 2.15 bits per heavy atom.